The van der Waals surface area contributed by atoms with Gasteiger partial charge in [-0.15, -0.1) is 0 Å². The molecule has 9 nitrogen and oxygen atoms in total. The smallest absolute Gasteiger partial charge is 0.287 e. The third-order valence-electron chi connectivity index (χ3n) is 4.49. The van der Waals surface area contributed by atoms with Gasteiger partial charge in [0, 0.05) is 30.2 Å². The number of nitrogens with two attached hydrogens (primary N) is 1. The van der Waals surface area contributed by atoms with Gasteiger partial charge in [0.05, 0.1) is 18.7 Å². The number of amides is 2. The summed E-state index contributed by atoms with van der Waals surface area (Å²) in [5.74, 6) is -0.931. The maximum absolute atomic E-state index is 12.7. The number of hydrogen-bond donors (Lipinski definition) is 4. The third kappa shape index (κ3) is 5.53. The summed E-state index contributed by atoms with van der Waals surface area (Å²) in [6, 6.07) is 11.4. The third-order valence-corrected chi connectivity index (χ3v) is 4.49. The molecule has 0 radical (unpaired) electrons. The first-order chi connectivity index (χ1) is 15.0. The number of para-hydroxylation sites is 1. The van der Waals surface area contributed by atoms with Gasteiger partial charge in [-0.2, -0.15) is 0 Å². The van der Waals surface area contributed by atoms with E-state index >= 15 is 0 Å². The molecule has 1 aromatic heterocycles. The molecule has 0 aliphatic heterocycles. The van der Waals surface area contributed by atoms with Crippen LogP contribution in [0.3, 0.4) is 0 Å². The van der Waals surface area contributed by atoms with Gasteiger partial charge < -0.3 is 35.2 Å². The molecule has 2 amide bonds. The highest BCUT2D eigenvalue weighted by molar-refractivity contribution is 5.99. The van der Waals surface area contributed by atoms with Gasteiger partial charge in [0.2, 0.25) is 0 Å². The van der Waals surface area contributed by atoms with E-state index in [1.54, 1.807) is 6.07 Å². The number of phenols is 1. The molecule has 3 rings (SSSR count). The summed E-state index contributed by atoms with van der Waals surface area (Å²) in [5.41, 5.74) is 6.36. The first-order valence-corrected chi connectivity index (χ1v) is 9.74. The van der Waals surface area contributed by atoms with Gasteiger partial charge in [0.25, 0.3) is 11.8 Å². The number of ether oxygens (including phenoxy) is 2. The summed E-state index contributed by atoms with van der Waals surface area (Å²) >= 11 is 0. The monoisotopic (exact) mass is 428 g/mol. The quantitative estimate of drug-likeness (QED) is 0.342. The molecule has 0 saturated heterocycles. The Morgan fingerprint density at radius 3 is 2.68 bits per heavy atom. The molecule has 5 N–H and O–H groups in total. The van der Waals surface area contributed by atoms with Crippen LogP contribution in [-0.4, -0.2) is 48.4 Å². The highest BCUT2D eigenvalue weighted by Gasteiger charge is 2.20. The fraction of sp³-hybridized carbons (Fsp3) is 0.273. The van der Waals surface area contributed by atoms with Crippen molar-refractivity contribution in [2.75, 3.05) is 26.4 Å². The van der Waals surface area contributed by atoms with E-state index in [1.165, 1.54) is 18.2 Å². The molecule has 0 aliphatic carbocycles. The zero-order chi connectivity index (χ0) is 22.2. The van der Waals surface area contributed by atoms with E-state index in [-0.39, 0.29) is 43.4 Å². The number of aliphatic hydroxyl groups is 1. The highest BCUT2D eigenvalue weighted by atomic mass is 16.5. The lowest BCUT2D eigenvalue weighted by molar-refractivity contribution is 0.0890. The minimum Gasteiger partial charge on any atom is -0.507 e. The van der Waals surface area contributed by atoms with E-state index in [2.05, 4.69) is 5.32 Å². The zero-order valence-corrected chi connectivity index (χ0v) is 16.8. The van der Waals surface area contributed by atoms with Crippen molar-refractivity contribution in [3.05, 3.63) is 59.4 Å². The molecule has 0 spiro atoms. The molecule has 0 aliphatic rings. The largest absolute Gasteiger partial charge is 0.507 e. The maximum atomic E-state index is 12.7. The number of rotatable bonds is 11. The summed E-state index contributed by atoms with van der Waals surface area (Å²) in [6.45, 7) is 0.888. The molecule has 1 heterocycles. The fourth-order valence-electron chi connectivity index (χ4n) is 2.99. The van der Waals surface area contributed by atoms with E-state index in [9.17, 15) is 14.7 Å². The fourth-order valence-corrected chi connectivity index (χ4v) is 2.99. The Hall–Kier alpha value is -3.56. The molecule has 0 saturated carbocycles. The Labute approximate surface area is 178 Å². The minimum atomic E-state index is -0.738. The number of primary amides is 1. The number of nitrogens with one attached hydrogen (secondary N) is 1. The van der Waals surface area contributed by atoms with Crippen LogP contribution in [0.15, 0.2) is 46.9 Å². The molecule has 2 aromatic carbocycles. The average Bonchev–Trinajstić information content (AvgIpc) is 3.13. The van der Waals surface area contributed by atoms with Crippen molar-refractivity contribution < 1.29 is 33.7 Å². The van der Waals surface area contributed by atoms with Crippen molar-refractivity contribution in [3.8, 4) is 11.5 Å². The van der Waals surface area contributed by atoms with Crippen LogP contribution < -0.4 is 15.8 Å². The molecule has 0 fully saturated rings. The van der Waals surface area contributed by atoms with Gasteiger partial charge in [-0.1, -0.05) is 18.2 Å². The van der Waals surface area contributed by atoms with Crippen molar-refractivity contribution in [1.82, 2.24) is 5.32 Å². The average molecular weight is 428 g/mol. The van der Waals surface area contributed by atoms with E-state index in [0.717, 1.165) is 5.39 Å². The lowest BCUT2D eigenvalue weighted by atomic mass is 10.1. The Bertz CT molecular complexity index is 1060. The van der Waals surface area contributed by atoms with Crippen LogP contribution in [0.1, 0.15) is 32.9 Å². The van der Waals surface area contributed by atoms with E-state index in [1.807, 2.05) is 18.2 Å². The lowest BCUT2D eigenvalue weighted by Gasteiger charge is -2.09. The Balaban J connectivity index is 1.60. The Kier molecular flexibility index (Phi) is 7.47. The lowest BCUT2D eigenvalue weighted by Crippen LogP contribution is -2.28. The van der Waals surface area contributed by atoms with Gasteiger partial charge in [0.15, 0.2) is 5.76 Å². The summed E-state index contributed by atoms with van der Waals surface area (Å²) in [6.07, 6.45) is 0.505. The normalized spacial score (nSPS) is 10.9. The molecular weight excluding hydrogens is 404 g/mol. The minimum absolute atomic E-state index is 0.000671. The van der Waals surface area contributed by atoms with Crippen LogP contribution in [0.2, 0.25) is 0 Å². The Morgan fingerprint density at radius 1 is 1.13 bits per heavy atom. The summed E-state index contributed by atoms with van der Waals surface area (Å²) in [5, 5.41) is 22.2. The van der Waals surface area contributed by atoms with Gasteiger partial charge in [0.1, 0.15) is 23.7 Å². The van der Waals surface area contributed by atoms with Crippen LogP contribution in [0.5, 0.6) is 11.5 Å². The summed E-state index contributed by atoms with van der Waals surface area (Å²) in [7, 11) is 0. The van der Waals surface area contributed by atoms with Crippen molar-refractivity contribution in [2.45, 2.75) is 13.0 Å². The second kappa shape index (κ2) is 10.5. The molecule has 31 heavy (non-hydrogen) atoms. The molecule has 0 bridgehead atoms. The van der Waals surface area contributed by atoms with E-state index in [4.69, 9.17) is 24.7 Å². The standard InChI is InChI=1S/C22H24N2O7/c23-21(27)16-7-6-14(12-18(16)26)30-11-8-24-22(28)20-17(13-29-10-3-9-25)15-4-1-2-5-19(15)31-20/h1-2,4-7,12,25-26H,3,8-11,13H2,(H2,23,27)(H,24,28). The van der Waals surface area contributed by atoms with Gasteiger partial charge in [-0.05, 0) is 24.6 Å². The van der Waals surface area contributed by atoms with Gasteiger partial charge >= 0.3 is 0 Å². The molecule has 164 valence electrons. The first kappa shape index (κ1) is 22.1. The second-order valence-electron chi connectivity index (χ2n) is 6.68. The molecule has 0 unspecified atom stereocenters. The van der Waals surface area contributed by atoms with Crippen LogP contribution in [0, 0.1) is 0 Å². The molecule has 9 heteroatoms. The van der Waals surface area contributed by atoms with Crippen LogP contribution in [0.4, 0.5) is 0 Å². The van der Waals surface area contributed by atoms with E-state index in [0.29, 0.717) is 29.9 Å². The summed E-state index contributed by atoms with van der Waals surface area (Å²) < 4.78 is 16.8. The predicted molar refractivity (Wildman–Crippen MR) is 112 cm³/mol. The van der Waals surface area contributed by atoms with Crippen molar-refractivity contribution in [2.24, 2.45) is 5.73 Å². The number of fused-ring (bicyclic) bond motifs is 1. The zero-order valence-electron chi connectivity index (χ0n) is 16.8. The first-order valence-electron chi connectivity index (χ1n) is 9.74. The van der Waals surface area contributed by atoms with Crippen LogP contribution in [0.25, 0.3) is 11.0 Å². The van der Waals surface area contributed by atoms with Crippen molar-refractivity contribution in [1.29, 1.82) is 0 Å². The number of benzene rings is 2. The van der Waals surface area contributed by atoms with E-state index < -0.39 is 11.8 Å². The van der Waals surface area contributed by atoms with Gasteiger partial charge in [-0.3, -0.25) is 9.59 Å². The number of aromatic hydroxyl groups is 1. The molecular formula is C22H24N2O7. The number of furan rings is 1. The topological polar surface area (TPSA) is 144 Å². The second-order valence-corrected chi connectivity index (χ2v) is 6.68. The predicted octanol–water partition coefficient (Wildman–Crippen LogP) is 1.95. The van der Waals surface area contributed by atoms with Crippen molar-refractivity contribution in [3.63, 3.8) is 0 Å². The number of carbonyl (C=O) groups is 2. The van der Waals surface area contributed by atoms with Crippen LogP contribution in [-0.2, 0) is 11.3 Å². The summed E-state index contributed by atoms with van der Waals surface area (Å²) in [4.78, 5) is 23.8. The SMILES string of the molecule is NC(=O)c1ccc(OCCNC(=O)c2oc3ccccc3c2COCCCO)cc1O. The Morgan fingerprint density at radius 2 is 1.94 bits per heavy atom. The van der Waals surface area contributed by atoms with Crippen molar-refractivity contribution >= 4 is 22.8 Å². The number of aliphatic hydroxyl groups excluding tert-OH is 1. The molecule has 3 aromatic rings. The number of hydrogen-bond acceptors (Lipinski definition) is 7. The van der Waals surface area contributed by atoms with Crippen LogP contribution >= 0.6 is 0 Å². The maximum Gasteiger partial charge on any atom is 0.287 e. The highest BCUT2D eigenvalue weighted by Crippen LogP contribution is 2.27. The van der Waals surface area contributed by atoms with Gasteiger partial charge in [-0.25, -0.2) is 0 Å². The number of carbonyl (C=O) groups excluding carboxylic acids is 2. The molecule has 0 atom stereocenters.